The van der Waals surface area contributed by atoms with Crippen LogP contribution in [0.2, 0.25) is 0 Å². The molecular formula is C24H26N2O2S. The maximum Gasteiger partial charge on any atom is 0.217 e. The second kappa shape index (κ2) is 8.39. The van der Waals surface area contributed by atoms with Crippen LogP contribution < -0.4 is 10.1 Å². The van der Waals surface area contributed by atoms with Crippen LogP contribution >= 0.6 is 11.3 Å². The number of rotatable bonds is 7. The van der Waals surface area contributed by atoms with E-state index in [-0.39, 0.29) is 11.4 Å². The first kappa shape index (κ1) is 19.7. The van der Waals surface area contributed by atoms with Crippen LogP contribution in [0, 0.1) is 0 Å². The number of para-hydroxylation sites is 1. The molecule has 0 unspecified atom stereocenters. The molecule has 1 aromatic heterocycles. The van der Waals surface area contributed by atoms with Crippen molar-refractivity contribution in [3.05, 3.63) is 77.2 Å². The lowest BCUT2D eigenvalue weighted by Crippen LogP contribution is -2.67. The number of hydrogen-bond donors (Lipinski definition) is 1. The van der Waals surface area contributed by atoms with Crippen LogP contribution in [0.1, 0.15) is 24.3 Å². The van der Waals surface area contributed by atoms with Gasteiger partial charge in [-0.05, 0) is 36.8 Å². The lowest BCUT2D eigenvalue weighted by atomic mass is 9.92. The van der Waals surface area contributed by atoms with Crippen LogP contribution in [0.3, 0.4) is 0 Å². The van der Waals surface area contributed by atoms with E-state index in [1.165, 1.54) is 9.75 Å². The summed E-state index contributed by atoms with van der Waals surface area (Å²) in [5.41, 5.74) is 2.20. The summed E-state index contributed by atoms with van der Waals surface area (Å²) < 4.78 is 6.12. The Balaban J connectivity index is 1.40. The van der Waals surface area contributed by atoms with Gasteiger partial charge in [-0.3, -0.25) is 9.69 Å². The SMILES string of the molecule is CC(=O)NC1(C)CN(Cc2ccc(-c3ccccc3OCc3ccccc3)s2)C1. The Morgan fingerprint density at radius 3 is 2.55 bits per heavy atom. The fraction of sp³-hybridized carbons (Fsp3) is 0.292. The standard InChI is InChI=1S/C24H26N2O2S/c1-18(27)25-24(2)16-26(17-24)14-20-12-13-23(29-20)21-10-6-7-11-22(21)28-15-19-8-4-3-5-9-19/h3-13H,14-17H2,1-2H3,(H,25,27). The number of thiophene rings is 1. The molecule has 0 bridgehead atoms. The van der Waals surface area contributed by atoms with Gasteiger partial charge in [0, 0.05) is 41.9 Å². The Morgan fingerprint density at radius 2 is 1.79 bits per heavy atom. The van der Waals surface area contributed by atoms with Crippen molar-refractivity contribution in [3.63, 3.8) is 0 Å². The van der Waals surface area contributed by atoms with E-state index in [9.17, 15) is 4.79 Å². The molecular weight excluding hydrogens is 380 g/mol. The maximum atomic E-state index is 11.3. The molecule has 1 saturated heterocycles. The Morgan fingerprint density at radius 1 is 1.07 bits per heavy atom. The van der Waals surface area contributed by atoms with E-state index in [1.807, 2.05) is 30.3 Å². The molecule has 2 heterocycles. The zero-order valence-electron chi connectivity index (χ0n) is 16.9. The first-order valence-electron chi connectivity index (χ1n) is 9.87. The Hall–Kier alpha value is -2.63. The number of carbonyl (C=O) groups excluding carboxylic acids is 1. The number of likely N-dealkylation sites (tertiary alicyclic amines) is 1. The number of hydrogen-bond acceptors (Lipinski definition) is 4. The van der Waals surface area contributed by atoms with Gasteiger partial charge in [0.1, 0.15) is 12.4 Å². The summed E-state index contributed by atoms with van der Waals surface area (Å²) >= 11 is 1.80. The van der Waals surface area contributed by atoms with Crippen molar-refractivity contribution in [1.29, 1.82) is 0 Å². The van der Waals surface area contributed by atoms with Gasteiger partial charge in [0.15, 0.2) is 0 Å². The van der Waals surface area contributed by atoms with Crippen molar-refractivity contribution in [2.45, 2.75) is 32.5 Å². The van der Waals surface area contributed by atoms with Gasteiger partial charge in [-0.1, -0.05) is 42.5 Å². The van der Waals surface area contributed by atoms with Crippen molar-refractivity contribution in [1.82, 2.24) is 10.2 Å². The summed E-state index contributed by atoms with van der Waals surface area (Å²) in [6, 6.07) is 22.8. The lowest BCUT2D eigenvalue weighted by Gasteiger charge is -2.48. The number of nitrogens with one attached hydrogen (secondary N) is 1. The predicted octanol–water partition coefficient (Wildman–Crippen LogP) is 4.70. The highest BCUT2D eigenvalue weighted by molar-refractivity contribution is 7.15. The van der Waals surface area contributed by atoms with Crippen molar-refractivity contribution >= 4 is 17.2 Å². The first-order chi connectivity index (χ1) is 14.0. The summed E-state index contributed by atoms with van der Waals surface area (Å²) in [6.07, 6.45) is 0. The van der Waals surface area contributed by atoms with E-state index in [4.69, 9.17) is 4.74 Å². The molecule has 1 aliphatic rings. The van der Waals surface area contributed by atoms with Crippen molar-refractivity contribution in [3.8, 4) is 16.2 Å². The number of ether oxygens (including phenoxy) is 1. The zero-order valence-corrected chi connectivity index (χ0v) is 17.7. The zero-order chi connectivity index (χ0) is 20.3. The van der Waals surface area contributed by atoms with Gasteiger partial charge in [-0.25, -0.2) is 0 Å². The Bertz CT molecular complexity index is 977. The molecule has 0 saturated carbocycles. The molecule has 1 amide bonds. The molecule has 0 atom stereocenters. The van der Waals surface area contributed by atoms with E-state index >= 15 is 0 Å². The summed E-state index contributed by atoms with van der Waals surface area (Å²) in [5.74, 6) is 0.949. The summed E-state index contributed by atoms with van der Waals surface area (Å²) in [6.45, 7) is 6.92. The fourth-order valence-corrected chi connectivity index (χ4v) is 5.00. The summed E-state index contributed by atoms with van der Waals surface area (Å²) in [5, 5.41) is 3.04. The highest BCUT2D eigenvalue weighted by atomic mass is 32.1. The third-order valence-corrected chi connectivity index (χ3v) is 6.16. The van der Waals surface area contributed by atoms with Gasteiger partial charge < -0.3 is 10.1 Å². The predicted molar refractivity (Wildman–Crippen MR) is 118 cm³/mol. The molecule has 4 rings (SSSR count). The summed E-state index contributed by atoms with van der Waals surface area (Å²) in [4.78, 5) is 16.2. The molecule has 150 valence electrons. The molecule has 0 spiro atoms. The second-order valence-corrected chi connectivity index (χ2v) is 9.09. The Labute approximate surface area is 176 Å². The molecule has 1 aliphatic heterocycles. The van der Waals surface area contributed by atoms with Gasteiger partial charge in [-0.2, -0.15) is 0 Å². The molecule has 1 fully saturated rings. The highest BCUT2D eigenvalue weighted by Crippen LogP contribution is 2.36. The quantitative estimate of drug-likeness (QED) is 0.618. The molecule has 3 aromatic rings. The van der Waals surface area contributed by atoms with Crippen LogP contribution in [0.4, 0.5) is 0 Å². The normalized spacial score (nSPS) is 15.5. The van der Waals surface area contributed by atoms with Crippen molar-refractivity contribution in [2.75, 3.05) is 13.1 Å². The third-order valence-electron chi connectivity index (χ3n) is 5.05. The fourth-order valence-electron chi connectivity index (χ4n) is 3.92. The van der Waals surface area contributed by atoms with Crippen LogP contribution in [0.25, 0.3) is 10.4 Å². The monoisotopic (exact) mass is 406 g/mol. The van der Waals surface area contributed by atoms with Gasteiger partial charge >= 0.3 is 0 Å². The van der Waals surface area contributed by atoms with Crippen molar-refractivity contribution in [2.24, 2.45) is 0 Å². The number of nitrogens with zero attached hydrogens (tertiary/aromatic N) is 1. The molecule has 1 N–H and O–H groups in total. The van der Waals surface area contributed by atoms with E-state index in [1.54, 1.807) is 18.3 Å². The van der Waals surface area contributed by atoms with Gasteiger partial charge in [0.25, 0.3) is 0 Å². The number of carbonyl (C=O) groups is 1. The maximum absolute atomic E-state index is 11.3. The minimum atomic E-state index is -0.0935. The first-order valence-corrected chi connectivity index (χ1v) is 10.7. The van der Waals surface area contributed by atoms with E-state index in [0.29, 0.717) is 6.61 Å². The molecule has 2 aromatic carbocycles. The number of benzene rings is 2. The summed E-state index contributed by atoms with van der Waals surface area (Å²) in [7, 11) is 0. The third kappa shape index (κ3) is 4.86. The van der Waals surface area contributed by atoms with E-state index < -0.39 is 0 Å². The van der Waals surface area contributed by atoms with Gasteiger partial charge in [-0.15, -0.1) is 11.3 Å². The average Bonchev–Trinajstić information content (AvgIpc) is 3.14. The Kier molecular flexibility index (Phi) is 5.69. The molecule has 29 heavy (non-hydrogen) atoms. The molecule has 4 nitrogen and oxygen atoms in total. The number of amides is 1. The average molecular weight is 407 g/mol. The van der Waals surface area contributed by atoms with E-state index in [2.05, 4.69) is 53.5 Å². The molecule has 0 radical (unpaired) electrons. The smallest absolute Gasteiger partial charge is 0.217 e. The van der Waals surface area contributed by atoms with Crippen LogP contribution in [0.15, 0.2) is 66.7 Å². The second-order valence-electron chi connectivity index (χ2n) is 7.92. The topological polar surface area (TPSA) is 41.6 Å². The van der Waals surface area contributed by atoms with Crippen LogP contribution in [-0.2, 0) is 17.9 Å². The van der Waals surface area contributed by atoms with Crippen LogP contribution in [-0.4, -0.2) is 29.4 Å². The molecule has 0 aliphatic carbocycles. The molecule has 5 heteroatoms. The van der Waals surface area contributed by atoms with Crippen molar-refractivity contribution < 1.29 is 9.53 Å². The highest BCUT2D eigenvalue weighted by Gasteiger charge is 2.39. The van der Waals surface area contributed by atoms with Crippen LogP contribution in [0.5, 0.6) is 5.75 Å². The van der Waals surface area contributed by atoms with Gasteiger partial charge in [0.2, 0.25) is 5.91 Å². The minimum absolute atomic E-state index is 0.0395. The minimum Gasteiger partial charge on any atom is -0.488 e. The lowest BCUT2D eigenvalue weighted by molar-refractivity contribution is -0.123. The largest absolute Gasteiger partial charge is 0.488 e. The van der Waals surface area contributed by atoms with E-state index in [0.717, 1.165) is 36.5 Å². The van der Waals surface area contributed by atoms with Gasteiger partial charge in [0.05, 0.1) is 5.54 Å².